The Morgan fingerprint density at radius 3 is 2.76 bits per heavy atom. The number of thiophene rings is 1. The molecule has 6 nitrogen and oxygen atoms in total. The number of amides is 1. The van der Waals surface area contributed by atoms with Gasteiger partial charge in [-0.1, -0.05) is 24.3 Å². The summed E-state index contributed by atoms with van der Waals surface area (Å²) in [5.41, 5.74) is 7.21. The number of ether oxygens (including phenoxy) is 1. The monoisotopic (exact) mass is 412 g/mol. The van der Waals surface area contributed by atoms with Gasteiger partial charge in [-0.2, -0.15) is 0 Å². The number of pyridine rings is 1. The van der Waals surface area contributed by atoms with Crippen molar-refractivity contribution in [2.75, 3.05) is 31.6 Å². The summed E-state index contributed by atoms with van der Waals surface area (Å²) >= 11 is 1.27. The number of primary amides is 1. The summed E-state index contributed by atoms with van der Waals surface area (Å²) in [6.07, 6.45) is 0. The normalized spacial score (nSPS) is 14.7. The lowest BCUT2D eigenvalue weighted by atomic mass is 10.1. The molecule has 0 bridgehead atoms. The third-order valence-electron chi connectivity index (χ3n) is 4.67. The maximum Gasteiger partial charge on any atom is 0.251 e. The zero-order chi connectivity index (χ0) is 20.2. The van der Waals surface area contributed by atoms with Gasteiger partial charge in [0, 0.05) is 30.1 Å². The second-order valence-electron chi connectivity index (χ2n) is 6.73. The Kier molecular flexibility index (Phi) is 5.84. The number of anilines is 2. The smallest absolute Gasteiger partial charge is 0.251 e. The fourth-order valence-corrected chi connectivity index (χ4v) is 4.30. The fourth-order valence-electron chi connectivity index (χ4n) is 3.20. The number of hydrogen-bond donors (Lipinski definition) is 2. The van der Waals surface area contributed by atoms with Gasteiger partial charge in [-0.25, -0.2) is 9.37 Å². The van der Waals surface area contributed by atoms with Crippen LogP contribution >= 0.6 is 11.3 Å². The summed E-state index contributed by atoms with van der Waals surface area (Å²) in [7, 11) is 0. The Bertz CT molecular complexity index is 1020. The van der Waals surface area contributed by atoms with Crippen molar-refractivity contribution in [1.29, 1.82) is 0 Å². The number of rotatable bonds is 6. The molecule has 0 spiro atoms. The van der Waals surface area contributed by atoms with Crippen molar-refractivity contribution < 1.29 is 13.9 Å². The van der Waals surface area contributed by atoms with Gasteiger partial charge in [-0.15, -0.1) is 11.3 Å². The molecule has 2 aromatic heterocycles. The average Bonchev–Trinajstić information content (AvgIpc) is 3.13. The highest BCUT2D eigenvalue weighted by atomic mass is 32.1. The van der Waals surface area contributed by atoms with Gasteiger partial charge in [-0.3, -0.25) is 9.69 Å². The number of aromatic nitrogens is 1. The van der Waals surface area contributed by atoms with Crippen molar-refractivity contribution in [3.05, 3.63) is 65.6 Å². The van der Waals surface area contributed by atoms with E-state index in [1.807, 2.05) is 18.2 Å². The Labute approximate surface area is 172 Å². The van der Waals surface area contributed by atoms with Crippen LogP contribution in [0, 0.1) is 5.82 Å². The molecule has 0 aliphatic carbocycles. The van der Waals surface area contributed by atoms with Gasteiger partial charge < -0.3 is 15.8 Å². The van der Waals surface area contributed by atoms with E-state index in [0.717, 1.165) is 38.5 Å². The molecule has 1 aliphatic rings. The molecule has 3 aromatic rings. The molecule has 150 valence electrons. The molecule has 29 heavy (non-hydrogen) atoms. The molecule has 1 fully saturated rings. The van der Waals surface area contributed by atoms with Crippen LogP contribution in [-0.4, -0.2) is 42.1 Å². The summed E-state index contributed by atoms with van der Waals surface area (Å²) in [5, 5.41) is 3.73. The highest BCUT2D eigenvalue weighted by Gasteiger charge is 2.18. The van der Waals surface area contributed by atoms with Crippen molar-refractivity contribution >= 4 is 28.1 Å². The van der Waals surface area contributed by atoms with E-state index >= 15 is 0 Å². The molecule has 0 unspecified atom stereocenters. The first kappa shape index (κ1) is 19.5. The molecule has 3 heterocycles. The van der Waals surface area contributed by atoms with Crippen molar-refractivity contribution in [3.63, 3.8) is 0 Å². The van der Waals surface area contributed by atoms with E-state index in [4.69, 9.17) is 10.5 Å². The van der Waals surface area contributed by atoms with Crippen LogP contribution in [0.25, 0.3) is 10.4 Å². The van der Waals surface area contributed by atoms with Crippen molar-refractivity contribution in [2.24, 2.45) is 5.73 Å². The minimum absolute atomic E-state index is 0.314. The molecule has 1 aliphatic heterocycles. The second kappa shape index (κ2) is 8.69. The molecule has 1 saturated heterocycles. The van der Waals surface area contributed by atoms with Crippen LogP contribution in [0.5, 0.6) is 0 Å². The largest absolute Gasteiger partial charge is 0.379 e. The third kappa shape index (κ3) is 4.61. The number of nitrogens with two attached hydrogens (primary N) is 1. The topological polar surface area (TPSA) is 80.5 Å². The highest BCUT2D eigenvalue weighted by Crippen LogP contribution is 2.37. The maximum absolute atomic E-state index is 14.2. The Morgan fingerprint density at radius 1 is 1.21 bits per heavy atom. The summed E-state index contributed by atoms with van der Waals surface area (Å²) in [4.78, 5) is 19.5. The van der Waals surface area contributed by atoms with Gasteiger partial charge in [0.05, 0.1) is 24.5 Å². The van der Waals surface area contributed by atoms with Crippen molar-refractivity contribution in [1.82, 2.24) is 9.88 Å². The van der Waals surface area contributed by atoms with E-state index in [-0.39, 0.29) is 5.82 Å². The minimum Gasteiger partial charge on any atom is -0.379 e. The van der Waals surface area contributed by atoms with Crippen LogP contribution in [0.2, 0.25) is 0 Å². The van der Waals surface area contributed by atoms with Gasteiger partial charge in [0.15, 0.2) is 0 Å². The van der Waals surface area contributed by atoms with Crippen molar-refractivity contribution in [3.8, 4) is 10.4 Å². The summed E-state index contributed by atoms with van der Waals surface area (Å²) in [5.74, 6) is -0.307. The maximum atomic E-state index is 14.2. The number of hydrogen-bond acceptors (Lipinski definition) is 6. The quantitative estimate of drug-likeness (QED) is 0.646. The molecule has 3 N–H and O–H groups in total. The molecule has 0 radical (unpaired) electrons. The standard InChI is InChI=1S/C21H21FN4O2S/c22-17-6-2-1-5-15(17)18-12-16(20(23)27)21(29-18)25-19-7-3-4-14(24-19)13-26-8-10-28-11-9-26/h1-7,12H,8-11,13H2,(H2,23,27)(H,24,25). The summed E-state index contributed by atoms with van der Waals surface area (Å²) in [6, 6.07) is 13.8. The lowest BCUT2D eigenvalue weighted by Gasteiger charge is -2.26. The lowest BCUT2D eigenvalue weighted by Crippen LogP contribution is -2.35. The Morgan fingerprint density at radius 2 is 2.00 bits per heavy atom. The van der Waals surface area contributed by atoms with Gasteiger partial charge in [0.2, 0.25) is 0 Å². The van der Waals surface area contributed by atoms with Gasteiger partial charge in [-0.05, 0) is 24.3 Å². The number of benzene rings is 1. The predicted octanol–water partition coefficient (Wildman–Crippen LogP) is 3.62. The van der Waals surface area contributed by atoms with Crippen LogP contribution < -0.4 is 11.1 Å². The van der Waals surface area contributed by atoms with E-state index in [9.17, 15) is 9.18 Å². The molecule has 0 saturated carbocycles. The Hall–Kier alpha value is -2.81. The second-order valence-corrected chi connectivity index (χ2v) is 7.78. The first-order valence-electron chi connectivity index (χ1n) is 9.32. The van der Waals surface area contributed by atoms with Crippen LogP contribution in [0.4, 0.5) is 15.2 Å². The number of halogens is 1. The van der Waals surface area contributed by atoms with E-state index < -0.39 is 5.91 Å². The van der Waals surface area contributed by atoms with E-state index in [1.54, 1.807) is 24.3 Å². The minimum atomic E-state index is -0.573. The summed E-state index contributed by atoms with van der Waals surface area (Å²) < 4.78 is 19.5. The van der Waals surface area contributed by atoms with Crippen LogP contribution in [0.15, 0.2) is 48.5 Å². The van der Waals surface area contributed by atoms with Crippen LogP contribution in [0.1, 0.15) is 16.1 Å². The first-order chi connectivity index (χ1) is 14.1. The molecule has 8 heteroatoms. The number of carbonyl (C=O) groups excluding carboxylic acids is 1. The number of nitrogens with zero attached hydrogens (tertiary/aromatic N) is 2. The summed E-state index contributed by atoms with van der Waals surface area (Å²) in [6.45, 7) is 3.94. The molecule has 0 atom stereocenters. The third-order valence-corrected chi connectivity index (χ3v) is 5.76. The number of carbonyl (C=O) groups is 1. The van der Waals surface area contributed by atoms with Gasteiger partial charge >= 0.3 is 0 Å². The predicted molar refractivity (Wildman–Crippen MR) is 112 cm³/mol. The highest BCUT2D eigenvalue weighted by molar-refractivity contribution is 7.19. The van der Waals surface area contributed by atoms with E-state index in [0.29, 0.717) is 26.8 Å². The van der Waals surface area contributed by atoms with Gasteiger partial charge in [0.1, 0.15) is 16.6 Å². The van der Waals surface area contributed by atoms with Crippen molar-refractivity contribution in [2.45, 2.75) is 6.54 Å². The SMILES string of the molecule is NC(=O)c1cc(-c2ccccc2F)sc1Nc1cccc(CN2CCOCC2)n1. The van der Waals surface area contributed by atoms with E-state index in [1.165, 1.54) is 17.4 Å². The number of nitrogens with one attached hydrogen (secondary N) is 1. The van der Waals surface area contributed by atoms with Crippen LogP contribution in [-0.2, 0) is 11.3 Å². The van der Waals surface area contributed by atoms with Gasteiger partial charge in [0.25, 0.3) is 5.91 Å². The molecular weight excluding hydrogens is 391 g/mol. The molecule has 4 rings (SSSR count). The molecular formula is C21H21FN4O2S. The zero-order valence-electron chi connectivity index (χ0n) is 15.7. The Balaban J connectivity index is 1.58. The molecule has 1 aromatic carbocycles. The zero-order valence-corrected chi connectivity index (χ0v) is 16.5. The van der Waals surface area contributed by atoms with Crippen LogP contribution in [0.3, 0.4) is 0 Å². The lowest BCUT2D eigenvalue weighted by molar-refractivity contribution is 0.0337. The molecule has 1 amide bonds. The average molecular weight is 412 g/mol. The fraction of sp³-hybridized carbons (Fsp3) is 0.238. The first-order valence-corrected chi connectivity index (χ1v) is 10.1. The number of morpholine rings is 1. The van der Waals surface area contributed by atoms with E-state index in [2.05, 4.69) is 15.2 Å².